The zero-order chi connectivity index (χ0) is 23.0. The third kappa shape index (κ3) is 13.9. The van der Waals surface area contributed by atoms with Crippen LogP contribution in [0.5, 0.6) is 0 Å². The molecule has 0 aliphatic carbocycles. The zero-order valence-electron chi connectivity index (χ0n) is 19.3. The first kappa shape index (κ1) is 27.1. The molecule has 0 unspecified atom stereocenters. The molecule has 0 aromatic rings. The topological polar surface area (TPSA) is 90.9 Å². The zero-order valence-corrected chi connectivity index (χ0v) is 19.3. The van der Waals surface area contributed by atoms with Crippen molar-refractivity contribution in [2.75, 3.05) is 6.67 Å². The number of alkyl halides is 1. The van der Waals surface area contributed by atoms with E-state index in [9.17, 15) is 18.8 Å². The molecule has 0 aromatic heterocycles. The van der Waals surface area contributed by atoms with Crippen molar-refractivity contribution in [3.05, 3.63) is 0 Å². The molecule has 0 aliphatic heterocycles. The number of rotatable bonds is 8. The van der Waals surface area contributed by atoms with E-state index in [1.807, 2.05) is 0 Å². The summed E-state index contributed by atoms with van der Waals surface area (Å²) in [5, 5.41) is 2.48. The Balaban J connectivity index is 5.53. The van der Waals surface area contributed by atoms with Crippen LogP contribution in [0.15, 0.2) is 0 Å². The Kier molecular flexibility index (Phi) is 10.1. The standard InChI is InChI=1S/C21H38FNO6/c1-19(2,3)27-16(24)14(11-10-12-22)13-15(17(25)28-20(4,5)6)23-18(26)29-21(7,8)9/h14-15H,10-13H2,1-9H3,(H,23,26)/t14-,15-/m0/s1/i22-1. The molecule has 29 heavy (non-hydrogen) atoms. The van der Waals surface area contributed by atoms with E-state index >= 15 is 0 Å². The Morgan fingerprint density at radius 1 is 0.793 bits per heavy atom. The van der Waals surface area contributed by atoms with Crippen LogP contribution in [-0.2, 0) is 23.8 Å². The molecule has 1 N–H and O–H groups in total. The average Bonchev–Trinajstić information content (AvgIpc) is 2.44. The van der Waals surface area contributed by atoms with Gasteiger partial charge in [-0.15, -0.1) is 0 Å². The molecule has 0 radical (unpaired) electrons. The molecular weight excluding hydrogens is 380 g/mol. The van der Waals surface area contributed by atoms with E-state index in [1.54, 1.807) is 62.3 Å². The number of halogens is 1. The Bertz CT molecular complexity index is 557. The van der Waals surface area contributed by atoms with Crippen LogP contribution in [-0.4, -0.2) is 47.6 Å². The first-order valence-electron chi connectivity index (χ1n) is 9.95. The molecule has 1 amide bonds. The fourth-order valence-electron chi connectivity index (χ4n) is 2.36. The van der Waals surface area contributed by atoms with Crippen molar-refractivity contribution in [1.82, 2.24) is 5.32 Å². The van der Waals surface area contributed by atoms with Gasteiger partial charge in [-0.2, -0.15) is 0 Å². The molecule has 8 heteroatoms. The largest absolute Gasteiger partial charge is 0.460 e. The summed E-state index contributed by atoms with van der Waals surface area (Å²) in [4.78, 5) is 37.5. The molecule has 0 heterocycles. The molecule has 0 saturated heterocycles. The Morgan fingerprint density at radius 2 is 1.24 bits per heavy atom. The number of alkyl carbamates (subject to hydrolysis) is 1. The maximum absolute atomic E-state index is 12.7. The van der Waals surface area contributed by atoms with Gasteiger partial charge in [-0.1, -0.05) is 0 Å². The van der Waals surface area contributed by atoms with E-state index in [0.29, 0.717) is 0 Å². The number of ether oxygens (including phenoxy) is 3. The number of amides is 1. The van der Waals surface area contributed by atoms with Crippen LogP contribution in [0.1, 0.15) is 81.6 Å². The molecule has 0 rings (SSSR count). The highest BCUT2D eigenvalue weighted by molar-refractivity contribution is 5.83. The van der Waals surface area contributed by atoms with E-state index in [2.05, 4.69) is 5.32 Å². The van der Waals surface area contributed by atoms with Crippen molar-refractivity contribution in [3.8, 4) is 0 Å². The minimum atomic E-state index is -1.14. The minimum Gasteiger partial charge on any atom is -0.460 e. The smallest absolute Gasteiger partial charge is 0.408 e. The SMILES string of the molecule is CC(C)(C)OC(=O)N[C@@H](C[C@H](CCC[18F])C(=O)OC(C)(C)C)C(=O)OC(C)(C)C. The third-order valence-corrected chi connectivity index (χ3v) is 3.33. The maximum Gasteiger partial charge on any atom is 0.408 e. The quantitative estimate of drug-likeness (QED) is 0.466. The molecule has 2 atom stereocenters. The summed E-state index contributed by atoms with van der Waals surface area (Å²) < 4.78 is 28.7. The first-order valence-corrected chi connectivity index (χ1v) is 9.95. The second-order valence-corrected chi connectivity index (χ2v) is 10.0. The van der Waals surface area contributed by atoms with Gasteiger partial charge in [0.1, 0.15) is 22.8 Å². The molecular formula is C21H38FNO6. The van der Waals surface area contributed by atoms with E-state index in [1.165, 1.54) is 0 Å². The van der Waals surface area contributed by atoms with Crippen molar-refractivity contribution >= 4 is 18.0 Å². The Hall–Kier alpha value is -1.86. The number of hydrogen-bond donors (Lipinski definition) is 1. The maximum atomic E-state index is 12.7. The van der Waals surface area contributed by atoms with Crippen LogP contribution in [0.2, 0.25) is 0 Å². The fourth-order valence-corrected chi connectivity index (χ4v) is 2.36. The summed E-state index contributed by atoms with van der Waals surface area (Å²) in [6.45, 7) is 14.7. The lowest BCUT2D eigenvalue weighted by Gasteiger charge is -2.29. The van der Waals surface area contributed by atoms with Crippen LogP contribution in [0.3, 0.4) is 0 Å². The van der Waals surface area contributed by atoms with Crippen LogP contribution in [0.25, 0.3) is 0 Å². The highest BCUT2D eigenvalue weighted by atomic mass is 18.2. The van der Waals surface area contributed by atoms with E-state index in [-0.39, 0.29) is 19.3 Å². The second-order valence-electron chi connectivity index (χ2n) is 10.0. The summed E-state index contributed by atoms with van der Waals surface area (Å²) >= 11 is 0. The van der Waals surface area contributed by atoms with Crippen molar-refractivity contribution in [3.63, 3.8) is 0 Å². The van der Waals surface area contributed by atoms with E-state index in [0.717, 1.165) is 0 Å². The van der Waals surface area contributed by atoms with Gasteiger partial charge in [0.2, 0.25) is 0 Å². The van der Waals surface area contributed by atoms with Crippen molar-refractivity contribution in [1.29, 1.82) is 0 Å². The molecule has 170 valence electrons. The summed E-state index contributed by atoms with van der Waals surface area (Å²) in [5.74, 6) is -2.03. The van der Waals surface area contributed by atoms with Gasteiger partial charge in [-0.25, -0.2) is 9.59 Å². The van der Waals surface area contributed by atoms with Gasteiger partial charge in [0.25, 0.3) is 0 Å². The monoisotopic (exact) mass is 418 g/mol. The number of nitrogens with one attached hydrogen (secondary N) is 1. The van der Waals surface area contributed by atoms with Crippen LogP contribution in [0.4, 0.5) is 9.18 Å². The van der Waals surface area contributed by atoms with Gasteiger partial charge < -0.3 is 19.5 Å². The highest BCUT2D eigenvalue weighted by Crippen LogP contribution is 2.22. The van der Waals surface area contributed by atoms with Crippen LogP contribution < -0.4 is 5.32 Å². The summed E-state index contributed by atoms with van der Waals surface area (Å²) in [5.41, 5.74) is -2.28. The van der Waals surface area contributed by atoms with Crippen molar-refractivity contribution in [2.45, 2.75) is 104 Å². The summed E-state index contributed by atoms with van der Waals surface area (Å²) in [6, 6.07) is -1.14. The Labute approximate surface area is 174 Å². The lowest BCUT2D eigenvalue weighted by Crippen LogP contribution is -2.47. The van der Waals surface area contributed by atoms with Gasteiger partial charge in [0, 0.05) is 0 Å². The molecule has 0 aliphatic rings. The average molecular weight is 419 g/mol. The number of carbonyl (C=O) groups excluding carboxylic acids is 3. The van der Waals surface area contributed by atoms with Crippen LogP contribution in [0, 0.1) is 5.92 Å². The van der Waals surface area contributed by atoms with Gasteiger partial charge in [-0.3, -0.25) is 9.18 Å². The second kappa shape index (κ2) is 10.8. The van der Waals surface area contributed by atoms with Gasteiger partial charge in [-0.05, 0) is 81.6 Å². The molecule has 0 aromatic carbocycles. The van der Waals surface area contributed by atoms with Gasteiger partial charge in [0.05, 0.1) is 12.6 Å². The molecule has 0 fully saturated rings. The molecule has 0 saturated carbocycles. The predicted molar refractivity (Wildman–Crippen MR) is 108 cm³/mol. The summed E-state index contributed by atoms with van der Waals surface area (Å²) in [6.07, 6.45) is -0.567. The Morgan fingerprint density at radius 3 is 1.66 bits per heavy atom. The normalized spacial score (nSPS) is 14.6. The fraction of sp³-hybridized carbons (Fsp3) is 0.857. The molecule has 0 spiro atoms. The first-order chi connectivity index (χ1) is 12.9. The lowest BCUT2D eigenvalue weighted by molar-refractivity contribution is -0.163. The van der Waals surface area contributed by atoms with E-state index in [4.69, 9.17) is 14.2 Å². The van der Waals surface area contributed by atoms with Gasteiger partial charge >= 0.3 is 18.0 Å². The van der Waals surface area contributed by atoms with Crippen molar-refractivity contribution < 1.29 is 33.0 Å². The highest BCUT2D eigenvalue weighted by Gasteiger charge is 2.34. The molecule has 7 nitrogen and oxygen atoms in total. The van der Waals surface area contributed by atoms with Gasteiger partial charge in [0.15, 0.2) is 0 Å². The molecule has 0 bridgehead atoms. The predicted octanol–water partition coefficient (Wildman–Crippen LogP) is 4.32. The van der Waals surface area contributed by atoms with E-state index < -0.39 is 53.5 Å². The number of carbonyl (C=O) groups is 3. The van der Waals surface area contributed by atoms with Crippen molar-refractivity contribution in [2.24, 2.45) is 5.92 Å². The third-order valence-electron chi connectivity index (χ3n) is 3.33. The number of hydrogen-bond acceptors (Lipinski definition) is 6. The lowest BCUT2D eigenvalue weighted by atomic mass is 9.94. The van der Waals surface area contributed by atoms with Crippen LogP contribution >= 0.6 is 0 Å². The summed E-state index contributed by atoms with van der Waals surface area (Å²) in [7, 11) is 0. The number of esters is 2. The minimum absolute atomic E-state index is 0.0803.